The number of carbonyl (C=O) groups excluding carboxylic acids is 1. The van der Waals surface area contributed by atoms with Crippen LogP contribution in [0.4, 0.5) is 0 Å². The Labute approximate surface area is 89.1 Å². The van der Waals surface area contributed by atoms with Crippen molar-refractivity contribution in [1.82, 2.24) is 5.32 Å². The number of nitrogens with one attached hydrogen (secondary N) is 1. The summed E-state index contributed by atoms with van der Waals surface area (Å²) in [7, 11) is 1.67. The third-order valence-corrected chi connectivity index (χ3v) is 2.42. The second-order valence-corrected chi connectivity index (χ2v) is 3.63. The van der Waals surface area contributed by atoms with Crippen molar-refractivity contribution in [2.75, 3.05) is 7.05 Å². The second kappa shape index (κ2) is 4.31. The van der Waals surface area contributed by atoms with Crippen LogP contribution >= 0.6 is 0 Å². The SMILES string of the molecule is CNC(C(N)=O)c1cc(C)c(O)c(C)c1. The van der Waals surface area contributed by atoms with Crippen molar-refractivity contribution in [3.63, 3.8) is 0 Å². The van der Waals surface area contributed by atoms with E-state index in [-0.39, 0.29) is 5.75 Å². The molecule has 82 valence electrons. The van der Waals surface area contributed by atoms with Crippen molar-refractivity contribution in [2.45, 2.75) is 19.9 Å². The fourth-order valence-corrected chi connectivity index (χ4v) is 1.63. The van der Waals surface area contributed by atoms with Gasteiger partial charge >= 0.3 is 0 Å². The molecule has 1 rings (SSSR count). The lowest BCUT2D eigenvalue weighted by Gasteiger charge is -2.15. The molecule has 0 aliphatic carbocycles. The molecule has 0 aromatic heterocycles. The summed E-state index contributed by atoms with van der Waals surface area (Å²) in [5.74, 6) is -0.167. The van der Waals surface area contributed by atoms with Crippen LogP contribution in [0.1, 0.15) is 22.7 Å². The Bertz CT molecular complexity index is 365. The first-order valence-electron chi connectivity index (χ1n) is 4.74. The zero-order valence-corrected chi connectivity index (χ0v) is 9.16. The minimum atomic E-state index is -0.511. The molecule has 1 unspecified atom stereocenters. The van der Waals surface area contributed by atoms with E-state index in [1.807, 2.05) is 0 Å². The smallest absolute Gasteiger partial charge is 0.239 e. The van der Waals surface area contributed by atoms with E-state index in [1.54, 1.807) is 33.0 Å². The number of phenolic OH excluding ortho intramolecular Hbond substituents is 1. The Morgan fingerprint density at radius 2 is 1.87 bits per heavy atom. The molecule has 4 heteroatoms. The summed E-state index contributed by atoms with van der Waals surface area (Å²) in [4.78, 5) is 11.1. The number of hydrogen-bond acceptors (Lipinski definition) is 3. The lowest BCUT2D eigenvalue weighted by molar-refractivity contribution is -0.120. The third kappa shape index (κ3) is 2.27. The number of nitrogens with two attached hydrogens (primary N) is 1. The first-order valence-corrected chi connectivity index (χ1v) is 4.74. The fourth-order valence-electron chi connectivity index (χ4n) is 1.63. The van der Waals surface area contributed by atoms with Crippen molar-refractivity contribution in [2.24, 2.45) is 5.73 Å². The number of likely N-dealkylation sites (N-methyl/N-ethyl adjacent to an activating group) is 1. The third-order valence-electron chi connectivity index (χ3n) is 2.42. The number of carbonyl (C=O) groups is 1. The highest BCUT2D eigenvalue weighted by molar-refractivity contribution is 5.81. The molecule has 0 saturated carbocycles. The van der Waals surface area contributed by atoms with Crippen LogP contribution in [-0.4, -0.2) is 18.1 Å². The predicted molar refractivity (Wildman–Crippen MR) is 58.6 cm³/mol. The zero-order chi connectivity index (χ0) is 11.6. The van der Waals surface area contributed by atoms with E-state index < -0.39 is 11.9 Å². The van der Waals surface area contributed by atoms with Gasteiger partial charge in [0.15, 0.2) is 0 Å². The minimum absolute atomic E-state index is 0.262. The summed E-state index contributed by atoms with van der Waals surface area (Å²) in [6, 6.07) is 3.01. The van der Waals surface area contributed by atoms with Gasteiger partial charge in [0.2, 0.25) is 5.91 Å². The number of hydrogen-bond donors (Lipinski definition) is 3. The molecule has 0 spiro atoms. The molecule has 0 fully saturated rings. The van der Waals surface area contributed by atoms with Gasteiger partial charge in [-0.15, -0.1) is 0 Å². The van der Waals surface area contributed by atoms with Crippen molar-refractivity contribution >= 4 is 5.91 Å². The molecule has 0 saturated heterocycles. The molecule has 4 nitrogen and oxygen atoms in total. The molecule has 1 amide bonds. The normalized spacial score (nSPS) is 12.5. The quantitative estimate of drug-likeness (QED) is 0.686. The van der Waals surface area contributed by atoms with Gasteiger partial charge in [0.1, 0.15) is 11.8 Å². The van der Waals surface area contributed by atoms with Crippen molar-refractivity contribution < 1.29 is 9.90 Å². The highest BCUT2D eigenvalue weighted by Gasteiger charge is 2.17. The van der Waals surface area contributed by atoms with Gasteiger partial charge in [0.25, 0.3) is 0 Å². The molecule has 0 aliphatic rings. The Morgan fingerprint density at radius 3 is 2.20 bits per heavy atom. The predicted octanol–water partition coefficient (Wildman–Crippen LogP) is 0.755. The molecule has 15 heavy (non-hydrogen) atoms. The first kappa shape index (κ1) is 11.5. The maximum Gasteiger partial charge on any atom is 0.239 e. The zero-order valence-electron chi connectivity index (χ0n) is 9.16. The Kier molecular flexibility index (Phi) is 3.31. The summed E-state index contributed by atoms with van der Waals surface area (Å²) in [5.41, 5.74) is 7.51. The van der Waals surface area contributed by atoms with E-state index in [4.69, 9.17) is 5.73 Å². The number of phenols is 1. The Morgan fingerprint density at radius 1 is 1.40 bits per heavy atom. The van der Waals surface area contributed by atoms with Crippen LogP contribution in [0, 0.1) is 13.8 Å². The molecule has 1 aromatic carbocycles. The molecule has 0 bridgehead atoms. The standard InChI is InChI=1S/C11H16N2O2/c1-6-4-8(5-7(2)10(6)14)9(13-3)11(12)15/h4-5,9,13-14H,1-3H3,(H2,12,15). The number of primary amides is 1. The summed E-state index contributed by atoms with van der Waals surface area (Å²) < 4.78 is 0. The summed E-state index contributed by atoms with van der Waals surface area (Å²) in [6.07, 6.45) is 0. The maximum atomic E-state index is 11.1. The van der Waals surface area contributed by atoms with E-state index in [0.29, 0.717) is 0 Å². The summed E-state index contributed by atoms with van der Waals surface area (Å²) >= 11 is 0. The number of amides is 1. The van der Waals surface area contributed by atoms with E-state index >= 15 is 0 Å². The molecule has 0 heterocycles. The van der Waals surface area contributed by atoms with Gasteiger partial charge in [-0.1, -0.05) is 12.1 Å². The van der Waals surface area contributed by atoms with Gasteiger partial charge in [-0.05, 0) is 37.6 Å². The number of benzene rings is 1. The minimum Gasteiger partial charge on any atom is -0.507 e. The number of rotatable bonds is 3. The molecular weight excluding hydrogens is 192 g/mol. The highest BCUT2D eigenvalue weighted by atomic mass is 16.3. The maximum absolute atomic E-state index is 11.1. The fraction of sp³-hybridized carbons (Fsp3) is 0.364. The van der Waals surface area contributed by atoms with Gasteiger partial charge < -0.3 is 16.2 Å². The Balaban J connectivity index is 3.20. The van der Waals surface area contributed by atoms with Gasteiger partial charge in [0, 0.05) is 0 Å². The van der Waals surface area contributed by atoms with Crippen LogP contribution in [0.5, 0.6) is 5.75 Å². The van der Waals surface area contributed by atoms with E-state index in [9.17, 15) is 9.90 Å². The van der Waals surface area contributed by atoms with E-state index in [1.165, 1.54) is 0 Å². The van der Waals surface area contributed by atoms with Gasteiger partial charge in [-0.25, -0.2) is 0 Å². The Hall–Kier alpha value is -1.55. The van der Waals surface area contributed by atoms with Crippen molar-refractivity contribution in [3.05, 3.63) is 28.8 Å². The van der Waals surface area contributed by atoms with Crippen LogP contribution in [-0.2, 0) is 4.79 Å². The van der Waals surface area contributed by atoms with Crippen molar-refractivity contribution in [1.29, 1.82) is 0 Å². The first-order chi connectivity index (χ1) is 6.97. The lowest BCUT2D eigenvalue weighted by atomic mass is 10.00. The van der Waals surface area contributed by atoms with Crippen LogP contribution in [0.25, 0.3) is 0 Å². The molecular formula is C11H16N2O2. The average Bonchev–Trinajstić information content (AvgIpc) is 2.14. The molecule has 1 atom stereocenters. The van der Waals surface area contributed by atoms with Gasteiger partial charge in [0.05, 0.1) is 0 Å². The van der Waals surface area contributed by atoms with Crippen LogP contribution < -0.4 is 11.1 Å². The average molecular weight is 208 g/mol. The topological polar surface area (TPSA) is 75.3 Å². The monoisotopic (exact) mass is 208 g/mol. The van der Waals surface area contributed by atoms with Crippen LogP contribution in [0.3, 0.4) is 0 Å². The van der Waals surface area contributed by atoms with Gasteiger partial charge in [-0.2, -0.15) is 0 Å². The second-order valence-electron chi connectivity index (χ2n) is 3.63. The lowest BCUT2D eigenvalue weighted by Crippen LogP contribution is -2.31. The van der Waals surface area contributed by atoms with Crippen molar-refractivity contribution in [3.8, 4) is 5.75 Å². The largest absolute Gasteiger partial charge is 0.507 e. The molecule has 1 aromatic rings. The highest BCUT2D eigenvalue weighted by Crippen LogP contribution is 2.25. The summed E-state index contributed by atoms with van der Waals surface area (Å²) in [5, 5.41) is 12.4. The van der Waals surface area contributed by atoms with Crippen LogP contribution in [0.15, 0.2) is 12.1 Å². The van der Waals surface area contributed by atoms with E-state index in [0.717, 1.165) is 16.7 Å². The number of aryl methyl sites for hydroxylation is 2. The molecule has 4 N–H and O–H groups in total. The number of aromatic hydroxyl groups is 1. The molecule has 0 aliphatic heterocycles. The van der Waals surface area contributed by atoms with Crippen LogP contribution in [0.2, 0.25) is 0 Å². The van der Waals surface area contributed by atoms with E-state index in [2.05, 4.69) is 5.32 Å². The van der Waals surface area contributed by atoms with Gasteiger partial charge in [-0.3, -0.25) is 4.79 Å². The summed E-state index contributed by atoms with van der Waals surface area (Å²) in [6.45, 7) is 3.58. The molecule has 0 radical (unpaired) electrons.